The number of carbonyl (C=O) groups is 1. The monoisotopic (exact) mass is 258 g/mol. The summed E-state index contributed by atoms with van der Waals surface area (Å²) < 4.78 is 10.9. The molecule has 0 aromatic heterocycles. The van der Waals surface area contributed by atoms with Crippen molar-refractivity contribution in [1.29, 1.82) is 0 Å². The van der Waals surface area contributed by atoms with E-state index in [1.807, 2.05) is 0 Å². The van der Waals surface area contributed by atoms with Gasteiger partial charge in [0.05, 0.1) is 6.61 Å². The number of carboxylic acid groups (broad SMARTS) is 1. The molecule has 1 aliphatic heterocycles. The van der Waals surface area contributed by atoms with Crippen molar-refractivity contribution in [2.24, 2.45) is 0 Å². The van der Waals surface area contributed by atoms with Crippen LogP contribution in [0.25, 0.3) is 0 Å². The molecule has 0 radical (unpaired) electrons. The van der Waals surface area contributed by atoms with Crippen LogP contribution in [0.1, 0.15) is 15.9 Å². The Labute approximate surface area is 88.6 Å². The Hall–Kier alpha value is -1.07. The highest BCUT2D eigenvalue weighted by Gasteiger charge is 2.20. The molecule has 14 heavy (non-hydrogen) atoms. The van der Waals surface area contributed by atoms with E-state index in [4.69, 9.17) is 14.6 Å². The zero-order valence-corrected chi connectivity index (χ0v) is 8.70. The first-order chi connectivity index (χ1) is 6.68. The van der Waals surface area contributed by atoms with Crippen molar-refractivity contribution in [1.82, 2.24) is 0 Å². The average Bonchev–Trinajstić information content (AvgIpc) is 2.16. The zero-order valence-electron chi connectivity index (χ0n) is 7.12. The summed E-state index contributed by atoms with van der Waals surface area (Å²) >= 11 is 3.24. The minimum atomic E-state index is -0.996. The fourth-order valence-corrected chi connectivity index (χ4v) is 1.84. The molecule has 0 atom stereocenters. The molecule has 0 unspecified atom stereocenters. The lowest BCUT2D eigenvalue weighted by atomic mass is 10.1. The highest BCUT2D eigenvalue weighted by atomic mass is 79.9. The SMILES string of the molecule is O=C(O)c1cc(Br)cc2c1OCOC2. The van der Waals surface area contributed by atoms with Crippen molar-refractivity contribution in [3.8, 4) is 5.75 Å². The summed E-state index contributed by atoms with van der Waals surface area (Å²) in [7, 11) is 0. The van der Waals surface area contributed by atoms with Crippen molar-refractivity contribution in [2.75, 3.05) is 6.79 Å². The van der Waals surface area contributed by atoms with E-state index in [1.54, 1.807) is 6.07 Å². The van der Waals surface area contributed by atoms with Gasteiger partial charge in [0.1, 0.15) is 11.3 Å². The second kappa shape index (κ2) is 3.59. The van der Waals surface area contributed by atoms with E-state index in [1.165, 1.54) is 6.07 Å². The lowest BCUT2D eigenvalue weighted by Crippen LogP contribution is -2.14. The Kier molecular flexibility index (Phi) is 2.43. The average molecular weight is 259 g/mol. The normalized spacial score (nSPS) is 14.4. The van der Waals surface area contributed by atoms with E-state index in [2.05, 4.69) is 15.9 Å². The summed E-state index contributed by atoms with van der Waals surface area (Å²) in [6, 6.07) is 3.31. The third-order valence-electron chi connectivity index (χ3n) is 1.91. The van der Waals surface area contributed by atoms with Gasteiger partial charge in [-0.2, -0.15) is 0 Å². The van der Waals surface area contributed by atoms with Crippen LogP contribution in [-0.4, -0.2) is 17.9 Å². The molecule has 1 aromatic rings. The second-order valence-corrected chi connectivity index (χ2v) is 3.77. The summed E-state index contributed by atoms with van der Waals surface area (Å²) in [5, 5.41) is 8.92. The predicted molar refractivity (Wildman–Crippen MR) is 51.4 cm³/mol. The summed E-state index contributed by atoms with van der Waals surface area (Å²) in [6.45, 7) is 0.490. The number of halogens is 1. The van der Waals surface area contributed by atoms with Gasteiger partial charge in [-0.25, -0.2) is 4.79 Å². The number of aromatic carboxylic acids is 1. The van der Waals surface area contributed by atoms with Crippen LogP contribution in [0.4, 0.5) is 0 Å². The number of fused-ring (bicyclic) bond motifs is 1. The summed E-state index contributed by atoms with van der Waals surface area (Å²) in [4.78, 5) is 10.9. The van der Waals surface area contributed by atoms with Crippen molar-refractivity contribution < 1.29 is 19.4 Å². The Morgan fingerprint density at radius 2 is 2.29 bits per heavy atom. The van der Waals surface area contributed by atoms with Crippen LogP contribution in [0.15, 0.2) is 16.6 Å². The Bertz CT molecular complexity index is 389. The molecule has 1 aromatic carbocycles. The highest BCUT2D eigenvalue weighted by molar-refractivity contribution is 9.10. The molecule has 0 saturated heterocycles. The standard InChI is InChI=1S/C9H7BrO4/c10-6-1-5-3-13-4-14-8(5)7(2-6)9(11)12/h1-2H,3-4H2,(H,11,12). The second-order valence-electron chi connectivity index (χ2n) is 2.86. The van der Waals surface area contributed by atoms with Gasteiger partial charge in [-0.1, -0.05) is 15.9 Å². The first-order valence-electron chi connectivity index (χ1n) is 3.95. The van der Waals surface area contributed by atoms with Gasteiger partial charge < -0.3 is 14.6 Å². The molecule has 0 spiro atoms. The maximum Gasteiger partial charge on any atom is 0.339 e. The van der Waals surface area contributed by atoms with Crippen LogP contribution >= 0.6 is 15.9 Å². The number of hydrogen-bond acceptors (Lipinski definition) is 3. The van der Waals surface area contributed by atoms with E-state index >= 15 is 0 Å². The first kappa shape index (κ1) is 9.48. The lowest BCUT2D eigenvalue weighted by Gasteiger charge is -2.19. The summed E-state index contributed by atoms with van der Waals surface area (Å²) in [6.07, 6.45) is 0. The third-order valence-corrected chi connectivity index (χ3v) is 2.36. The van der Waals surface area contributed by atoms with Crippen LogP contribution < -0.4 is 4.74 Å². The highest BCUT2D eigenvalue weighted by Crippen LogP contribution is 2.31. The van der Waals surface area contributed by atoms with E-state index in [0.717, 1.165) is 5.56 Å². The molecule has 74 valence electrons. The fraction of sp³-hybridized carbons (Fsp3) is 0.222. The van der Waals surface area contributed by atoms with Crippen molar-refractivity contribution in [2.45, 2.75) is 6.61 Å². The van der Waals surface area contributed by atoms with E-state index in [0.29, 0.717) is 16.8 Å². The molecule has 0 amide bonds. The molecule has 5 heteroatoms. The smallest absolute Gasteiger partial charge is 0.339 e. The molecule has 0 fully saturated rings. The van der Waals surface area contributed by atoms with Crippen molar-refractivity contribution >= 4 is 21.9 Å². The number of hydrogen-bond donors (Lipinski definition) is 1. The Balaban J connectivity index is 2.58. The Morgan fingerprint density at radius 3 is 3.00 bits per heavy atom. The first-order valence-corrected chi connectivity index (χ1v) is 4.74. The number of rotatable bonds is 1. The van der Waals surface area contributed by atoms with Gasteiger partial charge in [0, 0.05) is 10.0 Å². The van der Waals surface area contributed by atoms with Gasteiger partial charge in [0.15, 0.2) is 6.79 Å². The molecule has 0 bridgehead atoms. The van der Waals surface area contributed by atoms with E-state index in [-0.39, 0.29) is 12.4 Å². The number of carboxylic acids is 1. The Morgan fingerprint density at radius 1 is 1.50 bits per heavy atom. The lowest BCUT2D eigenvalue weighted by molar-refractivity contribution is -0.0172. The molecular formula is C9H7BrO4. The van der Waals surface area contributed by atoms with Gasteiger partial charge in [-0.15, -0.1) is 0 Å². The predicted octanol–water partition coefficient (Wildman–Crippen LogP) is 2.01. The van der Waals surface area contributed by atoms with Crippen molar-refractivity contribution in [3.05, 3.63) is 27.7 Å². The van der Waals surface area contributed by atoms with Crippen LogP contribution in [0.3, 0.4) is 0 Å². The van der Waals surface area contributed by atoms with Gasteiger partial charge in [0.2, 0.25) is 0 Å². The maximum absolute atomic E-state index is 10.9. The molecule has 0 aliphatic carbocycles. The van der Waals surface area contributed by atoms with E-state index < -0.39 is 5.97 Å². The number of benzene rings is 1. The topological polar surface area (TPSA) is 55.8 Å². The minimum absolute atomic E-state index is 0.106. The molecule has 1 aliphatic rings. The largest absolute Gasteiger partial charge is 0.478 e. The third kappa shape index (κ3) is 1.60. The van der Waals surface area contributed by atoms with Gasteiger partial charge in [-0.3, -0.25) is 0 Å². The van der Waals surface area contributed by atoms with Crippen LogP contribution in [0.2, 0.25) is 0 Å². The van der Waals surface area contributed by atoms with Gasteiger partial charge in [-0.05, 0) is 12.1 Å². The quantitative estimate of drug-likeness (QED) is 0.838. The molecule has 4 nitrogen and oxygen atoms in total. The molecule has 0 saturated carbocycles. The summed E-state index contributed by atoms with van der Waals surface area (Å²) in [5.74, 6) is -0.587. The molecule has 2 rings (SSSR count). The van der Waals surface area contributed by atoms with Gasteiger partial charge >= 0.3 is 5.97 Å². The summed E-state index contributed by atoms with van der Waals surface area (Å²) in [5.41, 5.74) is 0.917. The van der Waals surface area contributed by atoms with Crippen LogP contribution in [0, 0.1) is 0 Å². The molecule has 1 heterocycles. The fourth-order valence-electron chi connectivity index (χ4n) is 1.34. The van der Waals surface area contributed by atoms with Gasteiger partial charge in [0.25, 0.3) is 0 Å². The molecule has 1 N–H and O–H groups in total. The van der Waals surface area contributed by atoms with Crippen LogP contribution in [0.5, 0.6) is 5.75 Å². The molecular weight excluding hydrogens is 252 g/mol. The van der Waals surface area contributed by atoms with E-state index in [9.17, 15) is 4.79 Å². The van der Waals surface area contributed by atoms with Crippen LogP contribution in [-0.2, 0) is 11.3 Å². The maximum atomic E-state index is 10.9. The van der Waals surface area contributed by atoms with Crippen molar-refractivity contribution in [3.63, 3.8) is 0 Å². The minimum Gasteiger partial charge on any atom is -0.478 e. The zero-order chi connectivity index (χ0) is 10.1. The number of ether oxygens (including phenoxy) is 2.